The van der Waals surface area contributed by atoms with Gasteiger partial charge in [0.05, 0.1) is 17.2 Å². The van der Waals surface area contributed by atoms with Crippen LogP contribution in [0.5, 0.6) is 0 Å². The maximum atomic E-state index is 13.5. The smallest absolute Gasteiger partial charge is 0.147 e. The predicted octanol–water partition coefficient (Wildman–Crippen LogP) is 3.42. The monoisotopic (exact) mass is 388 g/mol. The molecule has 0 atom stereocenters. The van der Waals surface area contributed by atoms with Crippen LogP contribution in [-0.4, -0.2) is 45.7 Å². The summed E-state index contributed by atoms with van der Waals surface area (Å²) in [4.78, 5) is 16.1. The van der Waals surface area contributed by atoms with Gasteiger partial charge in [0.2, 0.25) is 0 Å². The van der Waals surface area contributed by atoms with E-state index >= 15 is 0 Å². The van der Waals surface area contributed by atoms with Gasteiger partial charge in [-0.25, -0.2) is 14.4 Å². The van der Waals surface area contributed by atoms with Gasteiger partial charge < -0.3 is 10.2 Å². The molecule has 3 aromatic heterocycles. The van der Waals surface area contributed by atoms with E-state index in [-0.39, 0.29) is 5.82 Å². The maximum absolute atomic E-state index is 13.5. The van der Waals surface area contributed by atoms with Crippen molar-refractivity contribution in [3.05, 3.63) is 66.9 Å². The third-order valence-corrected chi connectivity index (χ3v) is 5.21. The topological polar surface area (TPSA) is 58.9 Å². The molecular formula is C22H21FN6. The lowest BCUT2D eigenvalue weighted by Crippen LogP contribution is -2.28. The Labute approximate surface area is 168 Å². The van der Waals surface area contributed by atoms with Crippen molar-refractivity contribution < 1.29 is 4.39 Å². The Morgan fingerprint density at radius 3 is 2.66 bits per heavy atom. The molecule has 0 amide bonds. The van der Waals surface area contributed by atoms with Gasteiger partial charge in [0.15, 0.2) is 0 Å². The van der Waals surface area contributed by atoms with Crippen molar-refractivity contribution >= 4 is 16.9 Å². The Balaban J connectivity index is 1.57. The molecule has 1 aliphatic rings. The minimum Gasteiger partial charge on any atom is -0.355 e. The largest absolute Gasteiger partial charge is 0.355 e. The van der Waals surface area contributed by atoms with E-state index in [2.05, 4.69) is 21.3 Å². The molecule has 1 saturated heterocycles. The summed E-state index contributed by atoms with van der Waals surface area (Å²) in [5, 5.41) is 3.41. The average Bonchev–Trinajstić information content (AvgIpc) is 2.94. The minimum atomic E-state index is -0.268. The van der Waals surface area contributed by atoms with Gasteiger partial charge in [0.1, 0.15) is 17.5 Å². The zero-order chi connectivity index (χ0) is 19.6. The van der Waals surface area contributed by atoms with Crippen LogP contribution in [0.1, 0.15) is 6.42 Å². The standard InChI is InChI=1S/C22H21FN6/c23-17-3-5-18(6-4-17)29-20-15-25-10-8-19(20)27-22(29)16-2-7-21(26-14-16)28-12-1-9-24-11-13-28/h2-8,10,14-15,24H,1,9,11-13H2. The molecule has 0 spiro atoms. The van der Waals surface area contributed by atoms with E-state index in [4.69, 9.17) is 9.97 Å². The van der Waals surface area contributed by atoms with Crippen molar-refractivity contribution in [1.82, 2.24) is 24.8 Å². The van der Waals surface area contributed by atoms with Crippen LogP contribution in [0.2, 0.25) is 0 Å². The Morgan fingerprint density at radius 1 is 0.931 bits per heavy atom. The summed E-state index contributed by atoms with van der Waals surface area (Å²) < 4.78 is 15.5. The van der Waals surface area contributed by atoms with Crippen LogP contribution >= 0.6 is 0 Å². The second kappa shape index (κ2) is 7.60. The normalized spacial score (nSPS) is 14.9. The fraction of sp³-hybridized carbons (Fsp3) is 0.227. The Kier molecular flexibility index (Phi) is 4.65. The molecule has 1 N–H and O–H groups in total. The number of nitrogens with one attached hydrogen (secondary N) is 1. The van der Waals surface area contributed by atoms with E-state index in [1.54, 1.807) is 24.5 Å². The van der Waals surface area contributed by atoms with E-state index in [0.29, 0.717) is 0 Å². The molecular weight excluding hydrogens is 367 g/mol. The highest BCUT2D eigenvalue weighted by Gasteiger charge is 2.16. The van der Waals surface area contributed by atoms with Gasteiger partial charge in [0.25, 0.3) is 0 Å². The number of aromatic nitrogens is 4. The summed E-state index contributed by atoms with van der Waals surface area (Å²) in [5.41, 5.74) is 3.44. The Morgan fingerprint density at radius 2 is 1.83 bits per heavy atom. The first-order chi connectivity index (χ1) is 14.3. The number of pyridine rings is 2. The number of benzene rings is 1. The van der Waals surface area contributed by atoms with E-state index in [1.807, 2.05) is 22.9 Å². The zero-order valence-electron chi connectivity index (χ0n) is 15.9. The fourth-order valence-electron chi connectivity index (χ4n) is 3.75. The summed E-state index contributed by atoms with van der Waals surface area (Å²) in [6.45, 7) is 3.96. The third-order valence-electron chi connectivity index (χ3n) is 5.21. The third kappa shape index (κ3) is 3.45. The quantitative estimate of drug-likeness (QED) is 0.583. The summed E-state index contributed by atoms with van der Waals surface area (Å²) in [5.74, 6) is 1.47. The lowest BCUT2D eigenvalue weighted by molar-refractivity contribution is 0.627. The number of rotatable bonds is 3. The van der Waals surface area contributed by atoms with E-state index in [0.717, 1.165) is 66.5 Å². The number of nitrogens with zero attached hydrogens (tertiary/aromatic N) is 5. The molecule has 0 unspecified atom stereocenters. The van der Waals surface area contributed by atoms with Crippen molar-refractivity contribution in [2.24, 2.45) is 0 Å². The Hall–Kier alpha value is -3.32. The maximum Gasteiger partial charge on any atom is 0.147 e. The van der Waals surface area contributed by atoms with Gasteiger partial charge in [-0.3, -0.25) is 9.55 Å². The van der Waals surface area contributed by atoms with Gasteiger partial charge in [-0.05, 0) is 55.4 Å². The zero-order valence-corrected chi connectivity index (χ0v) is 15.9. The van der Waals surface area contributed by atoms with Crippen LogP contribution in [0.25, 0.3) is 28.1 Å². The fourth-order valence-corrected chi connectivity index (χ4v) is 3.75. The number of hydrogen-bond acceptors (Lipinski definition) is 5. The van der Waals surface area contributed by atoms with Crippen LogP contribution < -0.4 is 10.2 Å². The lowest BCUT2D eigenvalue weighted by Gasteiger charge is -2.21. The van der Waals surface area contributed by atoms with Gasteiger partial charge in [-0.1, -0.05) is 0 Å². The number of imidazole rings is 1. The van der Waals surface area contributed by atoms with E-state index in [9.17, 15) is 4.39 Å². The predicted molar refractivity (Wildman–Crippen MR) is 112 cm³/mol. The number of anilines is 1. The van der Waals surface area contributed by atoms with Crippen molar-refractivity contribution in [3.63, 3.8) is 0 Å². The summed E-state index contributed by atoms with van der Waals surface area (Å²) in [6.07, 6.45) is 6.48. The highest BCUT2D eigenvalue weighted by Crippen LogP contribution is 2.28. The van der Waals surface area contributed by atoms with Gasteiger partial charge >= 0.3 is 0 Å². The molecule has 0 radical (unpaired) electrons. The Bertz CT molecular complexity index is 1110. The molecule has 0 bridgehead atoms. The molecule has 1 fully saturated rings. The molecule has 7 heteroatoms. The van der Waals surface area contributed by atoms with E-state index in [1.165, 1.54) is 12.1 Å². The molecule has 4 aromatic rings. The number of hydrogen-bond donors (Lipinski definition) is 1. The lowest BCUT2D eigenvalue weighted by atomic mass is 10.2. The van der Waals surface area contributed by atoms with Crippen LogP contribution in [-0.2, 0) is 0 Å². The molecule has 29 heavy (non-hydrogen) atoms. The molecule has 4 heterocycles. The molecule has 6 nitrogen and oxygen atoms in total. The highest BCUT2D eigenvalue weighted by molar-refractivity contribution is 5.82. The van der Waals surface area contributed by atoms with Crippen LogP contribution in [0.4, 0.5) is 10.2 Å². The van der Waals surface area contributed by atoms with Crippen LogP contribution in [0.3, 0.4) is 0 Å². The van der Waals surface area contributed by atoms with E-state index < -0.39 is 0 Å². The van der Waals surface area contributed by atoms with Crippen molar-refractivity contribution in [2.75, 3.05) is 31.1 Å². The summed E-state index contributed by atoms with van der Waals surface area (Å²) in [7, 11) is 0. The highest BCUT2D eigenvalue weighted by atomic mass is 19.1. The van der Waals surface area contributed by atoms with Gasteiger partial charge in [-0.2, -0.15) is 0 Å². The second-order valence-corrected chi connectivity index (χ2v) is 7.11. The molecule has 0 aliphatic carbocycles. The van der Waals surface area contributed by atoms with Crippen molar-refractivity contribution in [1.29, 1.82) is 0 Å². The molecule has 0 saturated carbocycles. The minimum absolute atomic E-state index is 0.268. The summed E-state index contributed by atoms with van der Waals surface area (Å²) >= 11 is 0. The van der Waals surface area contributed by atoms with Gasteiger partial charge in [-0.15, -0.1) is 0 Å². The first-order valence-corrected chi connectivity index (χ1v) is 9.80. The number of fused-ring (bicyclic) bond motifs is 1. The van der Waals surface area contributed by atoms with Crippen LogP contribution in [0, 0.1) is 5.82 Å². The second-order valence-electron chi connectivity index (χ2n) is 7.11. The number of halogens is 1. The summed E-state index contributed by atoms with van der Waals surface area (Å²) in [6, 6.07) is 12.4. The van der Waals surface area contributed by atoms with Gasteiger partial charge in [0, 0.05) is 43.3 Å². The molecule has 1 aromatic carbocycles. The molecule has 146 valence electrons. The first-order valence-electron chi connectivity index (χ1n) is 9.80. The first kappa shape index (κ1) is 17.8. The van der Waals surface area contributed by atoms with Crippen molar-refractivity contribution in [3.8, 4) is 17.1 Å². The van der Waals surface area contributed by atoms with Crippen molar-refractivity contribution in [2.45, 2.75) is 6.42 Å². The molecule has 5 rings (SSSR count). The molecule has 1 aliphatic heterocycles. The van der Waals surface area contributed by atoms with Crippen LogP contribution in [0.15, 0.2) is 61.1 Å². The SMILES string of the molecule is Fc1ccc(-n2c(-c3ccc(N4CCCNCC4)nc3)nc3ccncc32)cc1. The average molecular weight is 388 g/mol.